The van der Waals surface area contributed by atoms with E-state index in [9.17, 15) is 4.79 Å². The second-order valence-corrected chi connectivity index (χ2v) is 8.67. The standard InChI is InChI=1S/C28H30N4O/c1-18-7-10-23(11-8-18)21(4)24(32-17-20(3)9-12-26(32)29-6)16-25(33)28-22(5)30-27-15-19(2)13-14-31(27)28/h7-15,17H,16H2,1-6H3/b24-21+,29-26?. The van der Waals surface area contributed by atoms with Crippen LogP contribution in [0.25, 0.3) is 16.9 Å². The molecular weight excluding hydrogens is 408 g/mol. The van der Waals surface area contributed by atoms with Crippen LogP contribution in [0.1, 0.15) is 51.8 Å². The number of aromatic nitrogens is 3. The molecule has 0 aliphatic heterocycles. The summed E-state index contributed by atoms with van der Waals surface area (Å²) in [5.41, 5.74) is 9.44. The maximum atomic E-state index is 13.7. The molecule has 0 unspecified atom stereocenters. The summed E-state index contributed by atoms with van der Waals surface area (Å²) >= 11 is 0. The number of fused-ring (bicyclic) bond motifs is 1. The summed E-state index contributed by atoms with van der Waals surface area (Å²) in [6.07, 6.45) is 4.22. The van der Waals surface area contributed by atoms with Crippen molar-refractivity contribution >= 4 is 22.7 Å². The molecular formula is C28H30N4O. The number of nitrogens with zero attached hydrogens (tertiary/aromatic N) is 4. The molecule has 4 aromatic rings. The minimum Gasteiger partial charge on any atom is -0.305 e. The van der Waals surface area contributed by atoms with Gasteiger partial charge in [-0.2, -0.15) is 0 Å². The number of aryl methyl sites for hydroxylation is 4. The SMILES string of the molecule is CN=c1ccc(C)cn1/C(CC(=O)c1c(C)nc2cc(C)ccn12)=C(\C)c1ccc(C)cc1. The zero-order valence-corrected chi connectivity index (χ0v) is 20.2. The van der Waals surface area contributed by atoms with Crippen molar-refractivity contribution in [2.24, 2.45) is 4.99 Å². The molecule has 0 N–H and O–H groups in total. The minimum absolute atomic E-state index is 0.0290. The molecule has 33 heavy (non-hydrogen) atoms. The van der Waals surface area contributed by atoms with Gasteiger partial charge in [0.2, 0.25) is 0 Å². The Labute approximate surface area is 194 Å². The monoisotopic (exact) mass is 438 g/mol. The number of hydrogen-bond acceptors (Lipinski definition) is 3. The Bertz CT molecular complexity index is 1450. The van der Waals surface area contributed by atoms with Gasteiger partial charge in [-0.1, -0.05) is 35.9 Å². The van der Waals surface area contributed by atoms with Crippen LogP contribution in [0.5, 0.6) is 0 Å². The molecule has 0 atom stereocenters. The fourth-order valence-electron chi connectivity index (χ4n) is 4.20. The number of ketones is 1. The fourth-order valence-corrected chi connectivity index (χ4v) is 4.20. The quantitative estimate of drug-likeness (QED) is 0.383. The number of rotatable bonds is 5. The molecule has 0 radical (unpaired) electrons. The summed E-state index contributed by atoms with van der Waals surface area (Å²) < 4.78 is 3.95. The molecule has 0 aliphatic rings. The molecule has 4 rings (SSSR count). The molecule has 0 amide bonds. The van der Waals surface area contributed by atoms with E-state index in [1.54, 1.807) is 7.05 Å². The average Bonchev–Trinajstić information content (AvgIpc) is 3.12. The zero-order valence-electron chi connectivity index (χ0n) is 20.2. The smallest absolute Gasteiger partial charge is 0.187 e. The molecule has 0 fully saturated rings. The van der Waals surface area contributed by atoms with Crippen LogP contribution in [0.4, 0.5) is 0 Å². The predicted molar refractivity (Wildman–Crippen MR) is 134 cm³/mol. The van der Waals surface area contributed by atoms with Crippen molar-refractivity contribution < 1.29 is 4.79 Å². The fraction of sp³-hybridized carbons (Fsp3) is 0.250. The Hall–Kier alpha value is -3.73. The lowest BCUT2D eigenvalue weighted by Crippen LogP contribution is -2.22. The molecule has 0 bridgehead atoms. The highest BCUT2D eigenvalue weighted by Crippen LogP contribution is 2.26. The first kappa shape index (κ1) is 22.5. The topological polar surface area (TPSA) is 51.7 Å². The summed E-state index contributed by atoms with van der Waals surface area (Å²) in [5, 5.41) is 0. The highest BCUT2D eigenvalue weighted by Gasteiger charge is 2.20. The van der Waals surface area contributed by atoms with Gasteiger partial charge in [0.15, 0.2) is 5.78 Å². The summed E-state index contributed by atoms with van der Waals surface area (Å²) in [5.74, 6) is 0.0290. The van der Waals surface area contributed by atoms with Gasteiger partial charge in [-0.25, -0.2) is 4.98 Å². The van der Waals surface area contributed by atoms with Crippen molar-refractivity contribution in [1.82, 2.24) is 14.0 Å². The van der Waals surface area contributed by atoms with Gasteiger partial charge in [0.25, 0.3) is 0 Å². The van der Waals surface area contributed by atoms with Crippen molar-refractivity contribution in [2.45, 2.75) is 41.0 Å². The van der Waals surface area contributed by atoms with E-state index in [2.05, 4.69) is 48.1 Å². The molecule has 0 aliphatic carbocycles. The van der Waals surface area contributed by atoms with Crippen LogP contribution >= 0.6 is 0 Å². The van der Waals surface area contributed by atoms with E-state index >= 15 is 0 Å². The molecule has 0 saturated heterocycles. The van der Waals surface area contributed by atoms with Gasteiger partial charge in [0.05, 0.1) is 12.1 Å². The molecule has 168 valence electrons. The van der Waals surface area contributed by atoms with Gasteiger partial charge in [-0.3, -0.25) is 14.2 Å². The second kappa shape index (κ2) is 9.02. The van der Waals surface area contributed by atoms with Gasteiger partial charge in [-0.05, 0) is 75.1 Å². The predicted octanol–water partition coefficient (Wildman–Crippen LogP) is 5.56. The van der Waals surface area contributed by atoms with Gasteiger partial charge in [0.1, 0.15) is 16.8 Å². The van der Waals surface area contributed by atoms with E-state index < -0.39 is 0 Å². The molecule has 5 heteroatoms. The Kier molecular flexibility index (Phi) is 6.14. The maximum Gasteiger partial charge on any atom is 0.187 e. The highest BCUT2D eigenvalue weighted by molar-refractivity contribution is 6.04. The number of pyridine rings is 2. The van der Waals surface area contributed by atoms with Crippen molar-refractivity contribution in [3.63, 3.8) is 0 Å². The lowest BCUT2D eigenvalue weighted by Gasteiger charge is -2.17. The number of carbonyl (C=O) groups is 1. The molecule has 0 saturated carbocycles. The van der Waals surface area contributed by atoms with Crippen LogP contribution in [0.3, 0.4) is 0 Å². The third-order valence-corrected chi connectivity index (χ3v) is 6.06. The summed E-state index contributed by atoms with van der Waals surface area (Å²) in [4.78, 5) is 22.9. The molecule has 3 heterocycles. The Morgan fingerprint density at radius 1 is 0.939 bits per heavy atom. The first-order valence-corrected chi connectivity index (χ1v) is 11.2. The number of benzene rings is 1. The lowest BCUT2D eigenvalue weighted by molar-refractivity contribution is 0.0991. The van der Waals surface area contributed by atoms with Gasteiger partial charge >= 0.3 is 0 Å². The third-order valence-electron chi connectivity index (χ3n) is 6.06. The number of Topliss-reactive ketones (excluding diaryl/α,β-unsaturated/α-hetero) is 1. The lowest BCUT2D eigenvalue weighted by atomic mass is 10.00. The van der Waals surface area contributed by atoms with Gasteiger partial charge in [-0.15, -0.1) is 0 Å². The van der Waals surface area contributed by atoms with Gasteiger partial charge < -0.3 is 4.57 Å². The van der Waals surface area contributed by atoms with E-state index in [4.69, 9.17) is 0 Å². The van der Waals surface area contributed by atoms with Crippen molar-refractivity contribution in [3.8, 4) is 0 Å². The molecule has 1 aromatic carbocycles. The maximum absolute atomic E-state index is 13.7. The summed E-state index contributed by atoms with van der Waals surface area (Å²) in [6, 6.07) is 16.4. The van der Waals surface area contributed by atoms with E-state index in [0.29, 0.717) is 5.69 Å². The van der Waals surface area contributed by atoms with E-state index in [-0.39, 0.29) is 12.2 Å². The van der Waals surface area contributed by atoms with Crippen LogP contribution in [0.2, 0.25) is 0 Å². The largest absolute Gasteiger partial charge is 0.305 e. The van der Waals surface area contributed by atoms with Crippen LogP contribution in [-0.2, 0) is 0 Å². The molecule has 5 nitrogen and oxygen atoms in total. The van der Waals surface area contributed by atoms with E-state index in [1.165, 1.54) is 5.56 Å². The van der Waals surface area contributed by atoms with Crippen LogP contribution in [0.15, 0.2) is 65.9 Å². The van der Waals surface area contributed by atoms with Crippen LogP contribution < -0.4 is 5.49 Å². The third kappa shape index (κ3) is 4.44. The minimum atomic E-state index is 0.0290. The normalized spacial score (nSPS) is 12.8. The Balaban J connectivity index is 1.89. The van der Waals surface area contributed by atoms with Crippen molar-refractivity contribution in [1.29, 1.82) is 0 Å². The van der Waals surface area contributed by atoms with Crippen molar-refractivity contribution in [3.05, 3.63) is 100 Å². The zero-order chi connectivity index (χ0) is 23.7. The first-order chi connectivity index (χ1) is 15.8. The van der Waals surface area contributed by atoms with Crippen molar-refractivity contribution in [2.75, 3.05) is 7.05 Å². The number of carbonyl (C=O) groups excluding carboxylic acids is 1. The van der Waals surface area contributed by atoms with Crippen LogP contribution in [0, 0.1) is 27.7 Å². The Morgan fingerprint density at radius 3 is 2.33 bits per heavy atom. The summed E-state index contributed by atoms with van der Waals surface area (Å²) in [6.45, 7) is 10.1. The van der Waals surface area contributed by atoms with E-state index in [1.807, 2.05) is 66.4 Å². The Morgan fingerprint density at radius 2 is 1.64 bits per heavy atom. The number of hydrogen-bond donors (Lipinski definition) is 0. The second-order valence-electron chi connectivity index (χ2n) is 8.67. The summed E-state index contributed by atoms with van der Waals surface area (Å²) in [7, 11) is 1.78. The molecule has 0 spiro atoms. The van der Waals surface area contributed by atoms with E-state index in [0.717, 1.165) is 44.8 Å². The average molecular weight is 439 g/mol. The first-order valence-electron chi connectivity index (χ1n) is 11.2. The van der Waals surface area contributed by atoms with Crippen LogP contribution in [-0.4, -0.2) is 26.8 Å². The van der Waals surface area contributed by atoms with Gasteiger partial charge in [0, 0.05) is 25.1 Å². The number of allylic oxidation sites excluding steroid dienone is 2. The highest BCUT2D eigenvalue weighted by atomic mass is 16.1. The molecule has 3 aromatic heterocycles. The number of imidazole rings is 1.